The molecule has 0 radical (unpaired) electrons. The lowest BCUT2D eigenvalue weighted by Gasteiger charge is -2.55. The Balaban J connectivity index is 1.34. The molecule has 188 valence electrons. The van der Waals surface area contributed by atoms with E-state index in [2.05, 4.69) is 4.90 Å². The van der Waals surface area contributed by atoms with Crippen LogP contribution in [0.2, 0.25) is 0 Å². The van der Waals surface area contributed by atoms with E-state index in [9.17, 15) is 13.2 Å². The standard InChI is InChI=1S/C24H35N3O6S/c1-23(2,22(28)32-12-11-26-14-24(15-26)17-31-18-24)16-33-34(29,30)27-13-19(9-10-25(3)4)20-7-5-6-8-21(20)27/h5-8,13H,9-12,14-18H2,1-4H3. The summed E-state index contributed by atoms with van der Waals surface area (Å²) >= 11 is 0. The third kappa shape index (κ3) is 5.31. The van der Waals surface area contributed by atoms with Crippen LogP contribution in [-0.4, -0.2) is 94.9 Å². The van der Waals surface area contributed by atoms with Crippen LogP contribution < -0.4 is 0 Å². The fourth-order valence-corrected chi connectivity index (χ4v) is 5.59. The van der Waals surface area contributed by atoms with Crippen LogP contribution >= 0.6 is 0 Å². The van der Waals surface area contributed by atoms with Gasteiger partial charge in [0.05, 0.1) is 30.8 Å². The average molecular weight is 494 g/mol. The van der Waals surface area contributed by atoms with E-state index in [-0.39, 0.29) is 13.2 Å². The molecule has 1 spiro atoms. The Kier molecular flexibility index (Phi) is 7.08. The van der Waals surface area contributed by atoms with Gasteiger partial charge in [-0.1, -0.05) is 18.2 Å². The van der Waals surface area contributed by atoms with Crippen molar-refractivity contribution < 1.29 is 26.9 Å². The van der Waals surface area contributed by atoms with Gasteiger partial charge in [0.25, 0.3) is 0 Å². The van der Waals surface area contributed by atoms with Crippen molar-refractivity contribution in [3.63, 3.8) is 0 Å². The van der Waals surface area contributed by atoms with Gasteiger partial charge in [-0.25, -0.2) is 3.97 Å². The highest BCUT2D eigenvalue weighted by atomic mass is 32.2. The topological polar surface area (TPSA) is 90.3 Å². The molecule has 0 saturated carbocycles. The minimum absolute atomic E-state index is 0.267. The number of para-hydroxylation sites is 1. The number of hydrogen-bond acceptors (Lipinski definition) is 8. The molecule has 2 saturated heterocycles. The van der Waals surface area contributed by atoms with Gasteiger partial charge in [0.1, 0.15) is 6.61 Å². The van der Waals surface area contributed by atoms with Crippen LogP contribution in [0.25, 0.3) is 10.9 Å². The number of rotatable bonds is 11. The lowest BCUT2D eigenvalue weighted by Crippen LogP contribution is -2.66. The first-order valence-electron chi connectivity index (χ1n) is 11.6. The second-order valence-electron chi connectivity index (χ2n) is 10.5. The monoisotopic (exact) mass is 493 g/mol. The molecule has 9 nitrogen and oxygen atoms in total. The number of aromatic nitrogens is 1. The first-order valence-corrected chi connectivity index (χ1v) is 13.0. The van der Waals surface area contributed by atoms with E-state index in [1.807, 2.05) is 31.1 Å². The fraction of sp³-hybridized carbons (Fsp3) is 0.625. The van der Waals surface area contributed by atoms with Crippen molar-refractivity contribution in [3.05, 3.63) is 36.0 Å². The Bertz CT molecular complexity index is 1130. The van der Waals surface area contributed by atoms with Gasteiger partial charge < -0.3 is 14.4 Å². The van der Waals surface area contributed by atoms with Gasteiger partial charge in [0, 0.05) is 43.2 Å². The number of benzene rings is 1. The molecule has 1 aromatic carbocycles. The highest BCUT2D eigenvalue weighted by Crippen LogP contribution is 2.37. The molecule has 2 fully saturated rings. The second-order valence-corrected chi connectivity index (χ2v) is 11.9. The smallest absolute Gasteiger partial charge is 0.366 e. The first kappa shape index (κ1) is 25.1. The molecule has 0 unspecified atom stereocenters. The van der Waals surface area contributed by atoms with Crippen LogP contribution in [0.15, 0.2) is 30.5 Å². The predicted octanol–water partition coefficient (Wildman–Crippen LogP) is 1.76. The van der Waals surface area contributed by atoms with Crippen LogP contribution in [0.3, 0.4) is 0 Å². The number of fused-ring (bicyclic) bond motifs is 1. The van der Waals surface area contributed by atoms with Crippen molar-refractivity contribution in [3.8, 4) is 0 Å². The Morgan fingerprint density at radius 1 is 1.21 bits per heavy atom. The van der Waals surface area contributed by atoms with Gasteiger partial charge >= 0.3 is 16.3 Å². The van der Waals surface area contributed by atoms with E-state index >= 15 is 0 Å². The molecule has 0 bridgehead atoms. The highest BCUT2D eigenvalue weighted by Gasteiger charge is 2.48. The number of ether oxygens (including phenoxy) is 2. The molecule has 1 aromatic heterocycles. The molecule has 3 heterocycles. The minimum atomic E-state index is -4.13. The Hall–Kier alpha value is -1.98. The van der Waals surface area contributed by atoms with Crippen molar-refractivity contribution in [2.75, 3.05) is 66.7 Å². The molecule has 0 atom stereocenters. The first-order chi connectivity index (χ1) is 16.0. The number of nitrogens with zero attached hydrogens (tertiary/aromatic N) is 3. The average Bonchev–Trinajstić information content (AvgIpc) is 3.11. The summed E-state index contributed by atoms with van der Waals surface area (Å²) in [7, 11) is -0.183. The van der Waals surface area contributed by atoms with Gasteiger partial charge in [-0.3, -0.25) is 13.9 Å². The van der Waals surface area contributed by atoms with Gasteiger partial charge in [0.15, 0.2) is 0 Å². The second kappa shape index (κ2) is 9.58. The number of carbonyl (C=O) groups excluding carboxylic acids is 1. The quantitative estimate of drug-likeness (QED) is 0.438. The van der Waals surface area contributed by atoms with Crippen molar-refractivity contribution in [1.29, 1.82) is 0 Å². The van der Waals surface area contributed by atoms with E-state index in [0.717, 1.165) is 43.8 Å². The van der Waals surface area contributed by atoms with Crippen molar-refractivity contribution in [1.82, 2.24) is 13.8 Å². The molecule has 2 aliphatic rings. The summed E-state index contributed by atoms with van der Waals surface area (Å²) in [6.45, 7) is 8.24. The summed E-state index contributed by atoms with van der Waals surface area (Å²) in [6, 6.07) is 7.35. The molecule has 10 heteroatoms. The zero-order chi connectivity index (χ0) is 24.6. The third-order valence-electron chi connectivity index (χ3n) is 6.53. The summed E-state index contributed by atoms with van der Waals surface area (Å²) in [5, 5.41) is 0.872. The molecule has 2 aliphatic heterocycles. The summed E-state index contributed by atoms with van der Waals surface area (Å²) in [6.07, 6.45) is 2.32. The maximum absolute atomic E-state index is 13.1. The molecule has 0 N–H and O–H groups in total. The van der Waals surface area contributed by atoms with Crippen molar-refractivity contribution in [2.45, 2.75) is 20.3 Å². The van der Waals surface area contributed by atoms with Gasteiger partial charge in [0.2, 0.25) is 0 Å². The zero-order valence-electron chi connectivity index (χ0n) is 20.5. The highest BCUT2D eigenvalue weighted by molar-refractivity contribution is 7.85. The SMILES string of the molecule is CN(C)CCc1cn(S(=O)(=O)OCC(C)(C)C(=O)OCCN2CC3(COC3)C2)c2ccccc12. The molecule has 0 amide bonds. The molecule has 4 rings (SSSR count). The van der Waals surface area contributed by atoms with E-state index in [1.54, 1.807) is 32.2 Å². The lowest BCUT2D eigenvalue weighted by molar-refractivity contribution is -0.192. The van der Waals surface area contributed by atoms with Crippen molar-refractivity contribution in [2.24, 2.45) is 10.8 Å². The van der Waals surface area contributed by atoms with Crippen LogP contribution in [-0.2, 0) is 35.2 Å². The number of likely N-dealkylation sites (N-methyl/N-ethyl adjacent to an activating group) is 1. The molecular weight excluding hydrogens is 458 g/mol. The Labute approximate surface area is 201 Å². The van der Waals surface area contributed by atoms with Crippen LogP contribution in [0.1, 0.15) is 19.4 Å². The zero-order valence-corrected chi connectivity index (χ0v) is 21.3. The van der Waals surface area contributed by atoms with Crippen LogP contribution in [0, 0.1) is 10.8 Å². The molecule has 2 aromatic rings. The molecule has 0 aliphatic carbocycles. The number of carbonyl (C=O) groups is 1. The van der Waals surface area contributed by atoms with E-state index in [1.165, 1.54) is 3.97 Å². The Morgan fingerprint density at radius 2 is 1.91 bits per heavy atom. The minimum Gasteiger partial charge on any atom is -0.464 e. The molecular formula is C24H35N3O6S. The van der Waals surface area contributed by atoms with Gasteiger partial charge in [-0.05, 0) is 46.0 Å². The predicted molar refractivity (Wildman–Crippen MR) is 129 cm³/mol. The fourth-order valence-electron chi connectivity index (χ4n) is 4.38. The normalized spacial score (nSPS) is 18.3. The van der Waals surface area contributed by atoms with Crippen LogP contribution in [0.5, 0.6) is 0 Å². The summed E-state index contributed by atoms with van der Waals surface area (Å²) in [4.78, 5) is 16.9. The summed E-state index contributed by atoms with van der Waals surface area (Å²) < 4.78 is 43.4. The van der Waals surface area contributed by atoms with E-state index < -0.39 is 21.7 Å². The van der Waals surface area contributed by atoms with Crippen LogP contribution in [0.4, 0.5) is 0 Å². The number of esters is 1. The Morgan fingerprint density at radius 3 is 2.56 bits per heavy atom. The van der Waals surface area contributed by atoms with Gasteiger partial charge in [-0.15, -0.1) is 0 Å². The van der Waals surface area contributed by atoms with Gasteiger partial charge in [-0.2, -0.15) is 8.42 Å². The molecule has 34 heavy (non-hydrogen) atoms. The maximum atomic E-state index is 13.1. The largest absolute Gasteiger partial charge is 0.464 e. The summed E-state index contributed by atoms with van der Waals surface area (Å²) in [5.74, 6) is -0.478. The van der Waals surface area contributed by atoms with E-state index in [4.69, 9.17) is 13.7 Å². The summed E-state index contributed by atoms with van der Waals surface area (Å²) in [5.41, 5.74) is 0.694. The van der Waals surface area contributed by atoms with Crippen molar-refractivity contribution >= 4 is 27.2 Å². The lowest BCUT2D eigenvalue weighted by atomic mass is 9.78. The number of hydrogen-bond donors (Lipinski definition) is 0. The number of likely N-dealkylation sites (tertiary alicyclic amines) is 1. The van der Waals surface area contributed by atoms with E-state index in [0.29, 0.717) is 23.9 Å². The third-order valence-corrected chi connectivity index (χ3v) is 7.73. The maximum Gasteiger partial charge on any atom is 0.366 e.